The van der Waals surface area contributed by atoms with Gasteiger partial charge >= 0.3 is 0 Å². The number of benzene rings is 3. The standard InChI is InChI=1S/C25H24N2O3S/c1-2-29-21-12-11-17-7-3-4-8-19(17)23(21)24(28)27-15-13-18(14-16-27)30-25-26-20-9-5-6-10-22(20)31-25/h3-12,18H,2,13-16H2,1H3. The first-order valence-electron chi connectivity index (χ1n) is 10.7. The number of aromatic nitrogens is 1. The topological polar surface area (TPSA) is 51.7 Å². The molecule has 0 unspecified atom stereocenters. The second-order valence-corrected chi connectivity index (χ2v) is 8.64. The quantitative estimate of drug-likeness (QED) is 0.416. The molecule has 0 saturated carbocycles. The molecule has 0 radical (unpaired) electrons. The van der Waals surface area contributed by atoms with Crippen LogP contribution < -0.4 is 9.47 Å². The summed E-state index contributed by atoms with van der Waals surface area (Å²) in [6.07, 6.45) is 1.65. The number of likely N-dealkylation sites (tertiary alicyclic amines) is 1. The number of carbonyl (C=O) groups is 1. The minimum Gasteiger partial charge on any atom is -0.493 e. The molecule has 1 aliphatic heterocycles. The zero-order valence-corrected chi connectivity index (χ0v) is 18.2. The van der Waals surface area contributed by atoms with Crippen molar-refractivity contribution in [2.75, 3.05) is 19.7 Å². The summed E-state index contributed by atoms with van der Waals surface area (Å²) in [5.74, 6) is 0.678. The second-order valence-electron chi connectivity index (χ2n) is 7.65. The third kappa shape index (κ3) is 3.95. The fourth-order valence-corrected chi connectivity index (χ4v) is 5.01. The summed E-state index contributed by atoms with van der Waals surface area (Å²) >= 11 is 1.57. The van der Waals surface area contributed by atoms with Gasteiger partial charge in [0, 0.05) is 25.9 Å². The van der Waals surface area contributed by atoms with Crippen molar-refractivity contribution in [3.8, 4) is 10.9 Å². The highest BCUT2D eigenvalue weighted by Gasteiger charge is 2.28. The van der Waals surface area contributed by atoms with Crippen molar-refractivity contribution < 1.29 is 14.3 Å². The third-order valence-corrected chi connectivity index (χ3v) is 6.60. The van der Waals surface area contributed by atoms with E-state index in [9.17, 15) is 4.79 Å². The molecule has 6 heteroatoms. The van der Waals surface area contributed by atoms with Crippen LogP contribution in [0.4, 0.5) is 0 Å². The summed E-state index contributed by atoms with van der Waals surface area (Å²) in [6, 6.07) is 19.9. The highest BCUT2D eigenvalue weighted by molar-refractivity contribution is 7.20. The van der Waals surface area contributed by atoms with Crippen molar-refractivity contribution in [1.82, 2.24) is 9.88 Å². The molecule has 0 N–H and O–H groups in total. The molecule has 0 atom stereocenters. The van der Waals surface area contributed by atoms with Gasteiger partial charge in [-0.2, -0.15) is 0 Å². The van der Waals surface area contributed by atoms with E-state index >= 15 is 0 Å². The van der Waals surface area contributed by atoms with Crippen molar-refractivity contribution in [1.29, 1.82) is 0 Å². The average molecular weight is 433 g/mol. The summed E-state index contributed by atoms with van der Waals surface area (Å²) < 4.78 is 13.1. The number of para-hydroxylation sites is 1. The summed E-state index contributed by atoms with van der Waals surface area (Å²) in [5, 5.41) is 2.69. The number of amides is 1. The average Bonchev–Trinajstić information content (AvgIpc) is 3.21. The predicted molar refractivity (Wildman–Crippen MR) is 124 cm³/mol. The van der Waals surface area contributed by atoms with Crippen LogP contribution in [0.3, 0.4) is 0 Å². The Morgan fingerprint density at radius 3 is 2.65 bits per heavy atom. The maximum absolute atomic E-state index is 13.5. The Labute approximate surface area is 185 Å². The number of piperidine rings is 1. The molecular weight excluding hydrogens is 408 g/mol. The normalized spacial score (nSPS) is 14.8. The first kappa shape index (κ1) is 19.8. The van der Waals surface area contributed by atoms with Gasteiger partial charge < -0.3 is 14.4 Å². The summed E-state index contributed by atoms with van der Waals surface area (Å²) in [5.41, 5.74) is 1.63. The molecule has 1 aromatic heterocycles. The number of ether oxygens (including phenoxy) is 2. The number of rotatable bonds is 5. The molecule has 1 amide bonds. The van der Waals surface area contributed by atoms with E-state index in [-0.39, 0.29) is 12.0 Å². The Morgan fingerprint density at radius 2 is 1.84 bits per heavy atom. The zero-order chi connectivity index (χ0) is 21.2. The SMILES string of the molecule is CCOc1ccc2ccccc2c1C(=O)N1CCC(Oc2nc3ccccc3s2)CC1. The number of carbonyl (C=O) groups excluding carboxylic acids is 1. The van der Waals surface area contributed by atoms with E-state index < -0.39 is 0 Å². The number of fused-ring (bicyclic) bond motifs is 2. The number of nitrogens with zero attached hydrogens (tertiary/aromatic N) is 2. The van der Waals surface area contributed by atoms with E-state index in [1.807, 2.05) is 66.4 Å². The fraction of sp³-hybridized carbons (Fsp3) is 0.280. The third-order valence-electron chi connectivity index (χ3n) is 5.68. The van der Waals surface area contributed by atoms with Gasteiger partial charge in [-0.05, 0) is 35.9 Å². The smallest absolute Gasteiger partial charge is 0.274 e. The summed E-state index contributed by atoms with van der Waals surface area (Å²) in [4.78, 5) is 20.0. The Kier molecular flexibility index (Phi) is 5.47. The Morgan fingerprint density at radius 1 is 1.06 bits per heavy atom. The predicted octanol–water partition coefficient (Wildman–Crippen LogP) is 5.53. The minimum absolute atomic E-state index is 0.0266. The van der Waals surface area contributed by atoms with Crippen molar-refractivity contribution >= 4 is 38.2 Å². The molecule has 1 aliphatic rings. The molecule has 5 nitrogen and oxygen atoms in total. The van der Waals surface area contributed by atoms with Gasteiger partial charge in [0.25, 0.3) is 11.1 Å². The van der Waals surface area contributed by atoms with E-state index in [1.165, 1.54) is 0 Å². The molecule has 0 bridgehead atoms. The number of hydrogen-bond donors (Lipinski definition) is 0. The molecule has 4 aromatic rings. The van der Waals surface area contributed by atoms with Gasteiger partial charge in [0.15, 0.2) is 0 Å². The molecule has 1 fully saturated rings. The Bertz CT molecular complexity index is 1190. The van der Waals surface area contributed by atoms with Gasteiger partial charge in [0.2, 0.25) is 0 Å². The van der Waals surface area contributed by atoms with Crippen LogP contribution in [0.5, 0.6) is 10.9 Å². The lowest BCUT2D eigenvalue weighted by Crippen LogP contribution is -2.42. The minimum atomic E-state index is 0.0266. The second kappa shape index (κ2) is 8.55. The van der Waals surface area contributed by atoms with Crippen LogP contribution >= 0.6 is 11.3 Å². The fourth-order valence-electron chi connectivity index (χ4n) is 4.13. The molecule has 5 rings (SSSR count). The van der Waals surface area contributed by atoms with E-state index in [4.69, 9.17) is 9.47 Å². The Hall–Kier alpha value is -3.12. The maximum Gasteiger partial charge on any atom is 0.274 e. The van der Waals surface area contributed by atoms with Crippen molar-refractivity contribution in [2.24, 2.45) is 0 Å². The van der Waals surface area contributed by atoms with Gasteiger partial charge in [0.05, 0.1) is 22.4 Å². The molecule has 0 spiro atoms. The van der Waals surface area contributed by atoms with E-state index in [0.717, 1.165) is 33.8 Å². The molecule has 158 valence electrons. The lowest BCUT2D eigenvalue weighted by molar-refractivity contribution is 0.0594. The Balaban J connectivity index is 1.31. The number of thiazole rings is 1. The van der Waals surface area contributed by atoms with E-state index in [1.54, 1.807) is 11.3 Å². The molecule has 3 aromatic carbocycles. The van der Waals surface area contributed by atoms with Gasteiger partial charge in [-0.15, -0.1) is 0 Å². The molecular formula is C25H24N2O3S. The first-order chi connectivity index (χ1) is 15.2. The number of hydrogen-bond acceptors (Lipinski definition) is 5. The zero-order valence-electron chi connectivity index (χ0n) is 17.4. The largest absolute Gasteiger partial charge is 0.493 e. The van der Waals surface area contributed by atoms with Crippen LogP contribution in [-0.4, -0.2) is 41.6 Å². The summed E-state index contributed by atoms with van der Waals surface area (Å²) in [7, 11) is 0. The lowest BCUT2D eigenvalue weighted by Gasteiger charge is -2.32. The van der Waals surface area contributed by atoms with Gasteiger partial charge in [-0.25, -0.2) is 4.98 Å². The van der Waals surface area contributed by atoms with Crippen LogP contribution in [0.1, 0.15) is 30.1 Å². The van der Waals surface area contributed by atoms with Crippen LogP contribution in [0.15, 0.2) is 60.7 Å². The highest BCUT2D eigenvalue weighted by Crippen LogP contribution is 2.32. The van der Waals surface area contributed by atoms with Gasteiger partial charge in [0.1, 0.15) is 11.9 Å². The highest BCUT2D eigenvalue weighted by atomic mass is 32.1. The van der Waals surface area contributed by atoms with E-state index in [0.29, 0.717) is 36.2 Å². The monoisotopic (exact) mass is 432 g/mol. The van der Waals surface area contributed by atoms with Crippen LogP contribution in [-0.2, 0) is 0 Å². The molecule has 31 heavy (non-hydrogen) atoms. The van der Waals surface area contributed by atoms with Crippen molar-refractivity contribution in [2.45, 2.75) is 25.9 Å². The lowest BCUT2D eigenvalue weighted by atomic mass is 10.0. The molecule has 0 aliphatic carbocycles. The van der Waals surface area contributed by atoms with Crippen molar-refractivity contribution in [3.63, 3.8) is 0 Å². The van der Waals surface area contributed by atoms with Gasteiger partial charge in [-0.1, -0.05) is 53.8 Å². The van der Waals surface area contributed by atoms with Crippen LogP contribution in [0.2, 0.25) is 0 Å². The van der Waals surface area contributed by atoms with Crippen molar-refractivity contribution in [3.05, 3.63) is 66.2 Å². The summed E-state index contributed by atoms with van der Waals surface area (Å²) in [6.45, 7) is 3.78. The van der Waals surface area contributed by atoms with Crippen LogP contribution in [0.25, 0.3) is 21.0 Å². The maximum atomic E-state index is 13.5. The van der Waals surface area contributed by atoms with E-state index in [2.05, 4.69) is 11.1 Å². The van der Waals surface area contributed by atoms with Gasteiger partial charge in [-0.3, -0.25) is 4.79 Å². The molecule has 2 heterocycles. The van der Waals surface area contributed by atoms with Crippen LogP contribution in [0, 0.1) is 0 Å². The molecule has 1 saturated heterocycles. The first-order valence-corrected chi connectivity index (χ1v) is 11.5.